The molecule has 2 N–H and O–H groups in total. The minimum absolute atomic E-state index is 0.0337. The third kappa shape index (κ3) is 4.69. The van der Waals surface area contributed by atoms with Crippen LogP contribution in [0.25, 0.3) is 0 Å². The lowest BCUT2D eigenvalue weighted by Crippen LogP contribution is -2.24. The summed E-state index contributed by atoms with van der Waals surface area (Å²) in [6.45, 7) is 0.740. The van der Waals surface area contributed by atoms with Gasteiger partial charge in [-0.1, -0.05) is 6.07 Å². The first-order chi connectivity index (χ1) is 8.44. The van der Waals surface area contributed by atoms with Crippen molar-refractivity contribution in [3.63, 3.8) is 0 Å². The minimum Gasteiger partial charge on any atom is -0.384 e. The van der Waals surface area contributed by atoms with Gasteiger partial charge in [0.25, 0.3) is 0 Å². The molecule has 0 saturated carbocycles. The molecular weight excluding hydrogens is 257 g/mol. The molecule has 0 spiro atoms. The van der Waals surface area contributed by atoms with Gasteiger partial charge >= 0.3 is 0 Å². The smallest absolute Gasteiger partial charge is 0.208 e. The first-order valence-electron chi connectivity index (χ1n) is 5.31. The highest BCUT2D eigenvalue weighted by molar-refractivity contribution is 7.88. The molecule has 1 rings (SSSR count). The van der Waals surface area contributed by atoms with Gasteiger partial charge in [0, 0.05) is 13.1 Å². The van der Waals surface area contributed by atoms with Gasteiger partial charge in [-0.2, -0.15) is 5.26 Å². The predicted molar refractivity (Wildman–Crippen MR) is 67.1 cm³/mol. The van der Waals surface area contributed by atoms with Crippen LogP contribution in [-0.2, 0) is 10.0 Å². The van der Waals surface area contributed by atoms with Crippen molar-refractivity contribution in [1.29, 1.82) is 5.26 Å². The van der Waals surface area contributed by atoms with E-state index in [0.29, 0.717) is 25.2 Å². The Balaban J connectivity index is 2.46. The molecule has 0 unspecified atom stereocenters. The van der Waals surface area contributed by atoms with Crippen LogP contribution in [-0.4, -0.2) is 27.8 Å². The number of anilines is 1. The maximum absolute atomic E-state index is 13.2. The number of rotatable bonds is 6. The Morgan fingerprint density at radius 3 is 2.72 bits per heavy atom. The van der Waals surface area contributed by atoms with Crippen LogP contribution in [0.4, 0.5) is 10.1 Å². The lowest BCUT2D eigenvalue weighted by atomic mass is 10.2. The first-order valence-corrected chi connectivity index (χ1v) is 7.20. The van der Waals surface area contributed by atoms with Crippen LogP contribution >= 0.6 is 0 Å². The number of sulfonamides is 1. The number of nitrogens with zero attached hydrogens (tertiary/aromatic N) is 1. The standard InChI is InChI=1S/C11H14FN3O2S/c1-18(16,17)15-7-3-6-14-11-5-2-4-10(12)9(11)8-13/h2,4-5,14-15H,3,6-7H2,1H3. The fraction of sp³-hybridized carbons (Fsp3) is 0.364. The summed E-state index contributed by atoms with van der Waals surface area (Å²) in [5.74, 6) is -0.572. The average molecular weight is 271 g/mol. The number of hydrogen-bond donors (Lipinski definition) is 2. The molecule has 1 aromatic carbocycles. The van der Waals surface area contributed by atoms with E-state index in [1.165, 1.54) is 12.1 Å². The summed E-state index contributed by atoms with van der Waals surface area (Å²) < 4.78 is 37.1. The fourth-order valence-corrected chi connectivity index (χ4v) is 1.87. The van der Waals surface area contributed by atoms with Gasteiger partial charge in [0.2, 0.25) is 10.0 Å². The molecule has 0 aromatic heterocycles. The van der Waals surface area contributed by atoms with Crippen LogP contribution in [0.1, 0.15) is 12.0 Å². The minimum atomic E-state index is -3.18. The van der Waals surface area contributed by atoms with Gasteiger partial charge in [0.05, 0.1) is 11.9 Å². The van der Waals surface area contributed by atoms with E-state index < -0.39 is 15.8 Å². The highest BCUT2D eigenvalue weighted by Gasteiger charge is 2.06. The number of halogens is 1. The zero-order valence-corrected chi connectivity index (χ0v) is 10.7. The van der Waals surface area contributed by atoms with Gasteiger partial charge in [-0.05, 0) is 18.6 Å². The molecule has 0 bridgehead atoms. The molecule has 0 heterocycles. The van der Waals surface area contributed by atoms with Crippen molar-refractivity contribution >= 4 is 15.7 Å². The summed E-state index contributed by atoms with van der Waals surface area (Å²) in [4.78, 5) is 0. The van der Waals surface area contributed by atoms with Gasteiger partial charge in [0.1, 0.15) is 17.4 Å². The van der Waals surface area contributed by atoms with Crippen LogP contribution in [0.5, 0.6) is 0 Å². The van der Waals surface area contributed by atoms with Crippen LogP contribution < -0.4 is 10.0 Å². The maximum Gasteiger partial charge on any atom is 0.208 e. The zero-order valence-electron chi connectivity index (χ0n) is 9.90. The summed E-state index contributed by atoms with van der Waals surface area (Å²) >= 11 is 0. The van der Waals surface area contributed by atoms with Crippen molar-refractivity contribution in [1.82, 2.24) is 4.72 Å². The number of benzene rings is 1. The van der Waals surface area contributed by atoms with E-state index in [9.17, 15) is 12.8 Å². The topological polar surface area (TPSA) is 82.0 Å². The number of nitriles is 1. The number of nitrogens with one attached hydrogen (secondary N) is 2. The second kappa shape index (κ2) is 6.33. The molecule has 0 fully saturated rings. The Morgan fingerprint density at radius 1 is 1.39 bits per heavy atom. The molecule has 7 heteroatoms. The first kappa shape index (κ1) is 14.4. The SMILES string of the molecule is CS(=O)(=O)NCCCNc1cccc(F)c1C#N. The molecule has 5 nitrogen and oxygen atoms in total. The summed E-state index contributed by atoms with van der Waals surface area (Å²) in [5.41, 5.74) is 0.380. The largest absolute Gasteiger partial charge is 0.384 e. The van der Waals surface area contributed by atoms with Crippen molar-refractivity contribution in [3.05, 3.63) is 29.6 Å². The highest BCUT2D eigenvalue weighted by atomic mass is 32.2. The van der Waals surface area contributed by atoms with E-state index in [4.69, 9.17) is 5.26 Å². The van der Waals surface area contributed by atoms with Crippen LogP contribution in [0.3, 0.4) is 0 Å². The molecule has 0 amide bonds. The third-order valence-electron chi connectivity index (χ3n) is 2.16. The zero-order chi connectivity index (χ0) is 13.6. The molecule has 0 atom stereocenters. The molecule has 0 aliphatic rings. The van der Waals surface area contributed by atoms with Crippen molar-refractivity contribution in [2.75, 3.05) is 24.7 Å². The highest BCUT2D eigenvalue weighted by Crippen LogP contribution is 2.17. The van der Waals surface area contributed by atoms with Crippen LogP contribution in [0, 0.1) is 17.1 Å². The normalized spacial score (nSPS) is 10.9. The Morgan fingerprint density at radius 2 is 2.11 bits per heavy atom. The molecule has 1 aromatic rings. The summed E-state index contributed by atoms with van der Waals surface area (Å²) in [5, 5.41) is 11.7. The van der Waals surface area contributed by atoms with E-state index >= 15 is 0 Å². The molecule has 0 aliphatic heterocycles. The Labute approximate surface area is 106 Å². The molecular formula is C11H14FN3O2S. The molecule has 0 radical (unpaired) electrons. The monoisotopic (exact) mass is 271 g/mol. The average Bonchev–Trinajstić information content (AvgIpc) is 2.27. The van der Waals surface area contributed by atoms with Crippen LogP contribution in [0.2, 0.25) is 0 Å². The van der Waals surface area contributed by atoms with Gasteiger partial charge in [-0.3, -0.25) is 0 Å². The molecule has 0 saturated heterocycles. The summed E-state index contributed by atoms with van der Waals surface area (Å²) in [6, 6.07) is 6.11. The second-order valence-electron chi connectivity index (χ2n) is 3.72. The second-order valence-corrected chi connectivity index (χ2v) is 5.55. The van der Waals surface area contributed by atoms with Gasteiger partial charge in [-0.25, -0.2) is 17.5 Å². The molecule has 98 valence electrons. The predicted octanol–water partition coefficient (Wildman–Crippen LogP) is 1.05. The Bertz CT molecular complexity index is 552. The van der Waals surface area contributed by atoms with E-state index in [1.807, 2.05) is 0 Å². The maximum atomic E-state index is 13.2. The lowest BCUT2D eigenvalue weighted by Gasteiger charge is -2.08. The fourth-order valence-electron chi connectivity index (χ4n) is 1.35. The van der Waals surface area contributed by atoms with E-state index in [2.05, 4.69) is 10.0 Å². The quantitative estimate of drug-likeness (QED) is 0.758. The van der Waals surface area contributed by atoms with E-state index in [1.54, 1.807) is 12.1 Å². The van der Waals surface area contributed by atoms with Crippen molar-refractivity contribution < 1.29 is 12.8 Å². The van der Waals surface area contributed by atoms with Gasteiger partial charge < -0.3 is 5.32 Å². The van der Waals surface area contributed by atoms with Gasteiger partial charge in [-0.15, -0.1) is 0 Å². The van der Waals surface area contributed by atoms with E-state index in [-0.39, 0.29) is 5.56 Å². The number of hydrogen-bond acceptors (Lipinski definition) is 4. The van der Waals surface area contributed by atoms with E-state index in [0.717, 1.165) is 6.26 Å². The summed E-state index contributed by atoms with van der Waals surface area (Å²) in [6.07, 6.45) is 1.62. The third-order valence-corrected chi connectivity index (χ3v) is 2.89. The Hall–Kier alpha value is -1.65. The Kier molecular flexibility index (Phi) is 5.07. The molecule has 18 heavy (non-hydrogen) atoms. The van der Waals surface area contributed by atoms with Crippen molar-refractivity contribution in [2.45, 2.75) is 6.42 Å². The molecule has 0 aliphatic carbocycles. The van der Waals surface area contributed by atoms with Crippen molar-refractivity contribution in [3.8, 4) is 6.07 Å². The van der Waals surface area contributed by atoms with Crippen LogP contribution in [0.15, 0.2) is 18.2 Å². The summed E-state index contributed by atoms with van der Waals surface area (Å²) in [7, 11) is -3.18. The lowest BCUT2D eigenvalue weighted by molar-refractivity contribution is 0.586. The van der Waals surface area contributed by atoms with Crippen molar-refractivity contribution in [2.24, 2.45) is 0 Å². The van der Waals surface area contributed by atoms with Gasteiger partial charge in [0.15, 0.2) is 0 Å².